The van der Waals surface area contributed by atoms with E-state index in [9.17, 15) is 9.59 Å². The third-order valence-electron chi connectivity index (χ3n) is 4.06. The standard InChI is InChI=1S/C15H28N2O3/c16-11-7-2-1-4-8-13(18)17-15(12-14(19)20)9-5-3-6-10-15/h1-12,16H2,(H,17,18)(H,19,20). The van der Waals surface area contributed by atoms with Gasteiger partial charge < -0.3 is 16.2 Å². The van der Waals surface area contributed by atoms with Crippen LogP contribution in [-0.2, 0) is 9.59 Å². The minimum atomic E-state index is -0.824. The van der Waals surface area contributed by atoms with E-state index in [0.29, 0.717) is 13.0 Å². The molecule has 1 amide bonds. The number of hydrogen-bond acceptors (Lipinski definition) is 3. The van der Waals surface area contributed by atoms with Gasteiger partial charge in [0, 0.05) is 6.42 Å². The van der Waals surface area contributed by atoms with E-state index in [1.54, 1.807) is 0 Å². The molecule has 0 atom stereocenters. The van der Waals surface area contributed by atoms with Gasteiger partial charge in [-0.05, 0) is 32.2 Å². The fourth-order valence-corrected chi connectivity index (χ4v) is 3.01. The summed E-state index contributed by atoms with van der Waals surface area (Å²) in [7, 11) is 0. The molecule has 0 aromatic rings. The van der Waals surface area contributed by atoms with Crippen molar-refractivity contribution in [1.29, 1.82) is 0 Å². The van der Waals surface area contributed by atoms with Crippen LogP contribution >= 0.6 is 0 Å². The number of nitrogens with two attached hydrogens (primary N) is 1. The average Bonchev–Trinajstić information content (AvgIpc) is 2.38. The Balaban J connectivity index is 2.36. The Hall–Kier alpha value is -1.10. The molecule has 20 heavy (non-hydrogen) atoms. The lowest BCUT2D eigenvalue weighted by molar-refractivity contribution is -0.139. The lowest BCUT2D eigenvalue weighted by Crippen LogP contribution is -2.51. The maximum absolute atomic E-state index is 12.0. The second-order valence-corrected chi connectivity index (χ2v) is 5.91. The van der Waals surface area contributed by atoms with Gasteiger partial charge in [0.15, 0.2) is 0 Å². The number of carbonyl (C=O) groups excluding carboxylic acids is 1. The van der Waals surface area contributed by atoms with Crippen molar-refractivity contribution in [2.24, 2.45) is 5.73 Å². The predicted molar refractivity (Wildman–Crippen MR) is 78.4 cm³/mol. The maximum atomic E-state index is 12.0. The summed E-state index contributed by atoms with van der Waals surface area (Å²) >= 11 is 0. The Morgan fingerprint density at radius 1 is 1.05 bits per heavy atom. The fraction of sp³-hybridized carbons (Fsp3) is 0.867. The third-order valence-corrected chi connectivity index (χ3v) is 4.06. The zero-order valence-corrected chi connectivity index (χ0v) is 12.3. The molecule has 0 bridgehead atoms. The summed E-state index contributed by atoms with van der Waals surface area (Å²) in [6.45, 7) is 0.702. The van der Waals surface area contributed by atoms with Crippen LogP contribution in [0.1, 0.15) is 70.6 Å². The number of hydrogen-bond donors (Lipinski definition) is 3. The maximum Gasteiger partial charge on any atom is 0.305 e. The van der Waals surface area contributed by atoms with Gasteiger partial charge in [0.05, 0.1) is 12.0 Å². The minimum Gasteiger partial charge on any atom is -0.481 e. The molecule has 0 radical (unpaired) electrons. The molecular formula is C15H28N2O3. The number of nitrogens with one attached hydrogen (secondary N) is 1. The van der Waals surface area contributed by atoms with Crippen molar-refractivity contribution >= 4 is 11.9 Å². The van der Waals surface area contributed by atoms with Crippen molar-refractivity contribution in [2.45, 2.75) is 76.2 Å². The van der Waals surface area contributed by atoms with E-state index in [1.165, 1.54) is 0 Å². The Labute approximate surface area is 121 Å². The summed E-state index contributed by atoms with van der Waals surface area (Å²) in [5.41, 5.74) is 4.92. The first kappa shape index (κ1) is 17.0. The van der Waals surface area contributed by atoms with Crippen molar-refractivity contribution in [3.05, 3.63) is 0 Å². The Kier molecular flexibility index (Phi) is 7.59. The summed E-state index contributed by atoms with van der Waals surface area (Å²) < 4.78 is 0. The average molecular weight is 284 g/mol. The van der Waals surface area contributed by atoms with E-state index < -0.39 is 11.5 Å². The highest BCUT2D eigenvalue weighted by Gasteiger charge is 2.35. The molecule has 5 heteroatoms. The minimum absolute atomic E-state index is 0.000832. The number of aliphatic carboxylic acids is 1. The van der Waals surface area contributed by atoms with Gasteiger partial charge in [-0.1, -0.05) is 32.1 Å². The summed E-state index contributed by atoms with van der Waals surface area (Å²) in [4.78, 5) is 23.0. The molecule has 1 aliphatic rings. The predicted octanol–water partition coefficient (Wildman–Crippen LogP) is 2.19. The van der Waals surface area contributed by atoms with E-state index >= 15 is 0 Å². The van der Waals surface area contributed by atoms with E-state index in [1.807, 2.05) is 0 Å². The first-order valence-electron chi connectivity index (χ1n) is 7.81. The van der Waals surface area contributed by atoms with Gasteiger partial charge in [-0.15, -0.1) is 0 Å². The number of amides is 1. The van der Waals surface area contributed by atoms with Gasteiger partial charge in [0.25, 0.3) is 0 Å². The van der Waals surface area contributed by atoms with Crippen LogP contribution in [0.25, 0.3) is 0 Å². The Bertz CT molecular complexity index is 312. The smallest absolute Gasteiger partial charge is 0.305 e. The van der Waals surface area contributed by atoms with Crippen LogP contribution in [0, 0.1) is 0 Å². The molecule has 1 fully saturated rings. The van der Waals surface area contributed by atoms with Gasteiger partial charge >= 0.3 is 5.97 Å². The first-order valence-corrected chi connectivity index (χ1v) is 7.81. The normalized spacial score (nSPS) is 17.6. The highest BCUT2D eigenvalue weighted by molar-refractivity contribution is 5.78. The monoisotopic (exact) mass is 284 g/mol. The second-order valence-electron chi connectivity index (χ2n) is 5.91. The molecule has 5 nitrogen and oxygen atoms in total. The number of carboxylic acid groups (broad SMARTS) is 1. The lowest BCUT2D eigenvalue weighted by Gasteiger charge is -2.37. The highest BCUT2D eigenvalue weighted by atomic mass is 16.4. The van der Waals surface area contributed by atoms with Crippen LogP contribution in [0.2, 0.25) is 0 Å². The SMILES string of the molecule is NCCCCCCC(=O)NC1(CC(=O)O)CCCCC1. The van der Waals surface area contributed by atoms with Gasteiger partial charge in [-0.2, -0.15) is 0 Å². The molecule has 0 aromatic heterocycles. The van der Waals surface area contributed by atoms with Crippen LogP contribution < -0.4 is 11.1 Å². The highest BCUT2D eigenvalue weighted by Crippen LogP contribution is 2.31. The van der Waals surface area contributed by atoms with Crippen molar-refractivity contribution in [2.75, 3.05) is 6.54 Å². The Morgan fingerprint density at radius 3 is 2.30 bits per heavy atom. The molecule has 1 rings (SSSR count). The largest absolute Gasteiger partial charge is 0.481 e. The molecule has 0 heterocycles. The van der Waals surface area contributed by atoms with Crippen LogP contribution in [0.3, 0.4) is 0 Å². The summed E-state index contributed by atoms with van der Waals surface area (Å²) in [5.74, 6) is -0.823. The van der Waals surface area contributed by atoms with Gasteiger partial charge in [0.1, 0.15) is 0 Å². The molecule has 0 saturated heterocycles. The molecule has 0 spiro atoms. The molecule has 1 saturated carbocycles. The molecule has 0 aliphatic heterocycles. The third kappa shape index (κ3) is 6.37. The second kappa shape index (κ2) is 8.95. The zero-order valence-electron chi connectivity index (χ0n) is 12.3. The van der Waals surface area contributed by atoms with Crippen molar-refractivity contribution < 1.29 is 14.7 Å². The molecular weight excluding hydrogens is 256 g/mol. The molecule has 116 valence electrons. The van der Waals surface area contributed by atoms with E-state index in [2.05, 4.69) is 5.32 Å². The number of carbonyl (C=O) groups is 2. The summed E-state index contributed by atoms with van der Waals surface area (Å²) in [6.07, 6.45) is 9.19. The molecule has 0 aromatic carbocycles. The summed E-state index contributed by atoms with van der Waals surface area (Å²) in [6, 6.07) is 0. The van der Waals surface area contributed by atoms with Crippen LogP contribution in [0.15, 0.2) is 0 Å². The van der Waals surface area contributed by atoms with Crippen LogP contribution in [0.4, 0.5) is 0 Å². The van der Waals surface area contributed by atoms with Crippen molar-refractivity contribution in [3.8, 4) is 0 Å². The van der Waals surface area contributed by atoms with E-state index in [4.69, 9.17) is 10.8 Å². The number of unbranched alkanes of at least 4 members (excludes halogenated alkanes) is 3. The van der Waals surface area contributed by atoms with Crippen LogP contribution in [0.5, 0.6) is 0 Å². The molecule has 0 unspecified atom stereocenters. The van der Waals surface area contributed by atoms with Crippen LogP contribution in [-0.4, -0.2) is 29.1 Å². The topological polar surface area (TPSA) is 92.4 Å². The fourth-order valence-electron chi connectivity index (χ4n) is 3.01. The van der Waals surface area contributed by atoms with E-state index in [-0.39, 0.29) is 12.3 Å². The summed E-state index contributed by atoms with van der Waals surface area (Å²) in [5, 5.41) is 12.1. The quantitative estimate of drug-likeness (QED) is 0.566. The van der Waals surface area contributed by atoms with E-state index in [0.717, 1.165) is 57.8 Å². The number of carboxylic acids is 1. The van der Waals surface area contributed by atoms with Crippen molar-refractivity contribution in [3.63, 3.8) is 0 Å². The lowest BCUT2D eigenvalue weighted by atomic mass is 9.79. The van der Waals surface area contributed by atoms with Gasteiger partial charge in [-0.3, -0.25) is 9.59 Å². The molecule has 4 N–H and O–H groups in total. The molecule has 1 aliphatic carbocycles. The Morgan fingerprint density at radius 2 is 1.70 bits per heavy atom. The van der Waals surface area contributed by atoms with Gasteiger partial charge in [-0.25, -0.2) is 0 Å². The number of rotatable bonds is 9. The first-order chi connectivity index (χ1) is 9.58. The van der Waals surface area contributed by atoms with Gasteiger partial charge in [0.2, 0.25) is 5.91 Å². The van der Waals surface area contributed by atoms with Crippen molar-refractivity contribution in [1.82, 2.24) is 5.32 Å². The zero-order chi connectivity index (χ0) is 14.8.